The molecule has 9 heteroatoms. The lowest BCUT2D eigenvalue weighted by molar-refractivity contribution is -0.146. The van der Waals surface area contributed by atoms with Crippen LogP contribution < -0.4 is 5.32 Å². The van der Waals surface area contributed by atoms with E-state index in [-0.39, 0.29) is 48.6 Å². The lowest BCUT2D eigenvalue weighted by Gasteiger charge is -2.44. The first kappa shape index (κ1) is 33.1. The number of hydrogen-bond donors (Lipinski definition) is 2. The van der Waals surface area contributed by atoms with Gasteiger partial charge in [0.05, 0.1) is 12.5 Å². The Balaban J connectivity index is 1.76. The van der Waals surface area contributed by atoms with E-state index in [0.29, 0.717) is 0 Å². The normalized spacial score (nSPS) is 14.3. The minimum atomic E-state index is -2.50. The summed E-state index contributed by atoms with van der Waals surface area (Å²) in [5, 5.41) is 12.6. The Bertz CT molecular complexity index is 1190. The van der Waals surface area contributed by atoms with Crippen LogP contribution in [-0.4, -0.2) is 56.8 Å². The van der Waals surface area contributed by atoms with Gasteiger partial charge in [0.15, 0.2) is 0 Å². The van der Waals surface area contributed by atoms with E-state index in [9.17, 15) is 19.5 Å². The highest BCUT2D eigenvalue weighted by Gasteiger charge is 2.47. The maximum Gasteiger partial charge on any atom is 0.407 e. The van der Waals surface area contributed by atoms with Gasteiger partial charge in [-0.3, -0.25) is 4.79 Å². The summed E-state index contributed by atoms with van der Waals surface area (Å²) in [7, 11) is -2.50. The van der Waals surface area contributed by atoms with Crippen LogP contribution in [0.5, 0.6) is 0 Å². The fraction of sp³-hybridized carbons (Fsp3) is 0.485. The number of fused-ring (bicyclic) bond motifs is 3. The molecule has 1 aliphatic carbocycles. The first-order valence-electron chi connectivity index (χ1n) is 14.7. The number of nitrogens with one attached hydrogen (secondary N) is 1. The third kappa shape index (κ3) is 7.49. The molecule has 0 bridgehead atoms. The predicted molar refractivity (Wildman–Crippen MR) is 166 cm³/mol. The molecule has 1 amide bonds. The van der Waals surface area contributed by atoms with E-state index in [1.807, 2.05) is 48.5 Å². The summed E-state index contributed by atoms with van der Waals surface area (Å²) in [4.78, 5) is 37.9. The molecule has 2 atom stereocenters. The third-order valence-electron chi connectivity index (χ3n) is 8.27. The summed E-state index contributed by atoms with van der Waals surface area (Å²) in [6, 6.07) is 14.7. The second-order valence-electron chi connectivity index (χ2n) is 11.8. The SMILES string of the molecule is C=CCOC(=O)C[C@@H](C[C@H](NC(=O)OCC1c2ccccc2-c2ccccc21)C(=O)O)O[Si](C(C)C)(C(C)C)C(C)C. The molecule has 0 saturated heterocycles. The predicted octanol–water partition coefficient (Wildman–Crippen LogP) is 7.05. The standard InChI is InChI=1S/C33H45NO7Si/c1-8-17-39-31(35)19-24(41-42(21(2)3,22(4)5)23(6)7)18-30(32(36)37)34-33(38)40-20-29-27-15-11-9-13-25(27)26-14-10-12-16-28(26)29/h8-16,21-24,29-30H,1,17-20H2,2-7H3,(H,34,38)(H,36,37)/t24-,30+/m1/s1. The number of carboxylic acid groups (broad SMARTS) is 1. The van der Waals surface area contributed by atoms with Crippen molar-refractivity contribution in [1.82, 2.24) is 5.32 Å². The molecule has 0 saturated carbocycles. The topological polar surface area (TPSA) is 111 Å². The van der Waals surface area contributed by atoms with Gasteiger partial charge in [-0.2, -0.15) is 0 Å². The number of aliphatic carboxylic acids is 1. The van der Waals surface area contributed by atoms with Gasteiger partial charge >= 0.3 is 18.0 Å². The van der Waals surface area contributed by atoms with E-state index >= 15 is 0 Å². The molecule has 0 radical (unpaired) electrons. The van der Waals surface area contributed by atoms with Crippen LogP contribution in [0.2, 0.25) is 16.6 Å². The van der Waals surface area contributed by atoms with Crippen molar-refractivity contribution < 1.29 is 33.4 Å². The van der Waals surface area contributed by atoms with Crippen molar-refractivity contribution in [3.05, 3.63) is 72.3 Å². The maximum absolute atomic E-state index is 13.0. The van der Waals surface area contributed by atoms with Crippen molar-refractivity contribution in [2.45, 2.75) is 89.1 Å². The quantitative estimate of drug-likeness (QED) is 0.129. The molecule has 1 aliphatic rings. The lowest BCUT2D eigenvalue weighted by Crippen LogP contribution is -2.52. The highest BCUT2D eigenvalue weighted by molar-refractivity contribution is 6.77. The monoisotopic (exact) mass is 595 g/mol. The molecular formula is C33H45NO7Si. The van der Waals surface area contributed by atoms with Crippen molar-refractivity contribution >= 4 is 26.3 Å². The molecule has 0 aliphatic heterocycles. The number of carboxylic acids is 1. The third-order valence-corrected chi connectivity index (χ3v) is 14.4. The Hall–Kier alpha value is -3.43. The summed E-state index contributed by atoms with van der Waals surface area (Å²) in [5.41, 5.74) is 4.95. The van der Waals surface area contributed by atoms with E-state index < -0.39 is 38.5 Å². The molecule has 0 aromatic heterocycles. The van der Waals surface area contributed by atoms with Crippen LogP contribution in [0.1, 0.15) is 71.4 Å². The van der Waals surface area contributed by atoms with Gasteiger partial charge in [-0.15, -0.1) is 0 Å². The van der Waals surface area contributed by atoms with Crippen molar-refractivity contribution in [1.29, 1.82) is 0 Å². The van der Waals surface area contributed by atoms with Gasteiger partial charge in [-0.05, 0) is 38.9 Å². The van der Waals surface area contributed by atoms with Crippen LogP contribution in [0.4, 0.5) is 4.79 Å². The number of ether oxygens (including phenoxy) is 2. The first-order valence-corrected chi connectivity index (χ1v) is 16.8. The zero-order chi connectivity index (χ0) is 31.0. The molecule has 2 aromatic rings. The molecule has 0 fully saturated rings. The number of amides is 1. The molecule has 3 rings (SSSR count). The number of benzene rings is 2. The van der Waals surface area contributed by atoms with Gasteiger partial charge in [-0.1, -0.05) is 103 Å². The molecule has 42 heavy (non-hydrogen) atoms. The van der Waals surface area contributed by atoms with E-state index in [1.165, 1.54) is 6.08 Å². The average molecular weight is 596 g/mol. The molecule has 2 N–H and O–H groups in total. The number of esters is 1. The van der Waals surface area contributed by atoms with Crippen molar-refractivity contribution in [2.75, 3.05) is 13.2 Å². The Morgan fingerprint density at radius 3 is 1.90 bits per heavy atom. The molecule has 0 heterocycles. The number of carbonyl (C=O) groups excluding carboxylic acids is 2. The maximum atomic E-state index is 13.0. The summed E-state index contributed by atoms with van der Waals surface area (Å²) < 4.78 is 17.6. The van der Waals surface area contributed by atoms with Crippen LogP contribution in [0.15, 0.2) is 61.2 Å². The summed E-state index contributed by atoms with van der Waals surface area (Å²) in [6.45, 7) is 16.4. The summed E-state index contributed by atoms with van der Waals surface area (Å²) >= 11 is 0. The highest BCUT2D eigenvalue weighted by atomic mass is 28.4. The van der Waals surface area contributed by atoms with Crippen LogP contribution in [-0.2, 0) is 23.5 Å². The van der Waals surface area contributed by atoms with Crippen molar-refractivity contribution in [2.24, 2.45) is 0 Å². The fourth-order valence-corrected chi connectivity index (χ4v) is 12.1. The number of hydrogen-bond acceptors (Lipinski definition) is 6. The van der Waals surface area contributed by atoms with E-state index in [4.69, 9.17) is 13.9 Å². The van der Waals surface area contributed by atoms with Gasteiger partial charge < -0.3 is 24.3 Å². The molecular weight excluding hydrogens is 550 g/mol. The van der Waals surface area contributed by atoms with Crippen LogP contribution in [0.3, 0.4) is 0 Å². The van der Waals surface area contributed by atoms with E-state index in [0.717, 1.165) is 22.3 Å². The Morgan fingerprint density at radius 2 is 1.43 bits per heavy atom. The molecule has 228 valence electrons. The van der Waals surface area contributed by atoms with Gasteiger partial charge in [0.25, 0.3) is 0 Å². The van der Waals surface area contributed by atoms with Crippen LogP contribution in [0, 0.1) is 0 Å². The van der Waals surface area contributed by atoms with Gasteiger partial charge in [0, 0.05) is 12.3 Å². The molecule has 8 nitrogen and oxygen atoms in total. The number of rotatable bonds is 15. The lowest BCUT2D eigenvalue weighted by atomic mass is 9.98. The molecule has 0 unspecified atom stereocenters. The number of carbonyl (C=O) groups is 3. The molecule has 2 aromatic carbocycles. The second-order valence-corrected chi connectivity index (χ2v) is 17.2. The Labute approximate surface area is 250 Å². The molecule has 0 spiro atoms. The van der Waals surface area contributed by atoms with E-state index in [1.54, 1.807) is 0 Å². The van der Waals surface area contributed by atoms with Gasteiger partial charge in [0.2, 0.25) is 8.32 Å². The Morgan fingerprint density at radius 1 is 0.905 bits per heavy atom. The van der Waals surface area contributed by atoms with Crippen molar-refractivity contribution in [3.8, 4) is 11.1 Å². The largest absolute Gasteiger partial charge is 0.480 e. The Kier molecular flexibility index (Phi) is 11.5. The summed E-state index contributed by atoms with van der Waals surface area (Å²) in [5.74, 6) is -1.90. The smallest absolute Gasteiger partial charge is 0.407 e. The van der Waals surface area contributed by atoms with Crippen molar-refractivity contribution in [3.63, 3.8) is 0 Å². The van der Waals surface area contributed by atoms with E-state index in [2.05, 4.69) is 53.4 Å². The second kappa shape index (κ2) is 14.6. The average Bonchev–Trinajstić information content (AvgIpc) is 3.26. The zero-order valence-electron chi connectivity index (χ0n) is 25.6. The minimum absolute atomic E-state index is 0.0486. The minimum Gasteiger partial charge on any atom is -0.480 e. The van der Waals surface area contributed by atoms with Gasteiger partial charge in [0.1, 0.15) is 19.3 Å². The summed E-state index contributed by atoms with van der Waals surface area (Å²) in [6.07, 6.45) is -0.371. The fourth-order valence-electron chi connectivity index (χ4n) is 6.53. The van der Waals surface area contributed by atoms with Crippen LogP contribution >= 0.6 is 0 Å². The van der Waals surface area contributed by atoms with Crippen LogP contribution in [0.25, 0.3) is 11.1 Å². The van der Waals surface area contributed by atoms with Gasteiger partial charge in [-0.25, -0.2) is 9.59 Å². The highest BCUT2D eigenvalue weighted by Crippen LogP contribution is 2.45. The zero-order valence-corrected chi connectivity index (χ0v) is 26.6. The number of alkyl carbamates (subject to hydrolysis) is 1. The first-order chi connectivity index (χ1) is 19.9.